The first kappa shape index (κ1) is 15.8. The molecule has 1 amide bonds. The van der Waals surface area contributed by atoms with E-state index in [0.717, 1.165) is 38.4 Å². The van der Waals surface area contributed by atoms with Crippen LogP contribution in [0.15, 0.2) is 18.2 Å². The van der Waals surface area contributed by atoms with Crippen molar-refractivity contribution in [3.63, 3.8) is 0 Å². The number of amides is 1. The van der Waals surface area contributed by atoms with Gasteiger partial charge in [-0.15, -0.1) is 0 Å². The van der Waals surface area contributed by atoms with Crippen molar-refractivity contribution >= 4 is 11.6 Å². The maximum absolute atomic E-state index is 12.3. The predicted molar refractivity (Wildman–Crippen MR) is 83.2 cm³/mol. The molecule has 1 aromatic rings. The maximum atomic E-state index is 12.3. The Morgan fingerprint density at radius 1 is 1.43 bits per heavy atom. The van der Waals surface area contributed by atoms with Crippen LogP contribution in [-0.4, -0.2) is 49.7 Å². The lowest BCUT2D eigenvalue weighted by molar-refractivity contribution is 0.0342. The van der Waals surface area contributed by atoms with E-state index < -0.39 is 0 Å². The number of benzene rings is 1. The van der Waals surface area contributed by atoms with Crippen molar-refractivity contribution in [1.82, 2.24) is 10.2 Å². The van der Waals surface area contributed by atoms with E-state index >= 15 is 0 Å². The molecule has 1 heterocycles. The number of nitrogen functional groups attached to an aromatic ring is 1. The van der Waals surface area contributed by atoms with Gasteiger partial charge in [0.25, 0.3) is 5.91 Å². The maximum Gasteiger partial charge on any atom is 0.253 e. The third kappa shape index (κ3) is 4.42. The van der Waals surface area contributed by atoms with Gasteiger partial charge in [-0.3, -0.25) is 15.5 Å². The Hall–Kier alpha value is -1.63. The Labute approximate surface area is 125 Å². The second kappa shape index (κ2) is 7.40. The lowest BCUT2D eigenvalue weighted by atomic mass is 10.1. The van der Waals surface area contributed by atoms with Crippen molar-refractivity contribution in [3.8, 4) is 0 Å². The first-order valence-corrected chi connectivity index (χ1v) is 7.28. The molecule has 1 aliphatic rings. The van der Waals surface area contributed by atoms with Gasteiger partial charge < -0.3 is 15.5 Å². The van der Waals surface area contributed by atoms with Gasteiger partial charge in [-0.2, -0.15) is 0 Å². The molecule has 1 aliphatic heterocycles. The number of nitrogens with two attached hydrogens (primary N) is 1. The number of nitrogens with one attached hydrogen (secondary N) is 2. The van der Waals surface area contributed by atoms with Gasteiger partial charge in [0.15, 0.2) is 0 Å². The molecule has 6 nitrogen and oxygen atoms in total. The molecule has 0 aliphatic carbocycles. The van der Waals surface area contributed by atoms with Crippen LogP contribution in [0.1, 0.15) is 22.8 Å². The molecule has 116 valence electrons. The average molecular weight is 292 g/mol. The average Bonchev–Trinajstić information content (AvgIpc) is 2.47. The standard InChI is InChI=1S/C15H24N4O2/c1-11-3-4-13(14(9-11)18-16)15(20)17-12(2)10-19-5-7-21-8-6-19/h3-4,9,12,18H,5-8,10,16H2,1-2H3,(H,17,20). The van der Waals surface area contributed by atoms with Crippen LogP contribution in [0.25, 0.3) is 0 Å². The van der Waals surface area contributed by atoms with Crippen molar-refractivity contribution in [2.45, 2.75) is 19.9 Å². The zero-order valence-electron chi connectivity index (χ0n) is 12.7. The van der Waals surface area contributed by atoms with Gasteiger partial charge in [0.05, 0.1) is 24.5 Å². The number of rotatable bonds is 5. The number of carbonyl (C=O) groups is 1. The third-order valence-corrected chi connectivity index (χ3v) is 3.59. The Balaban J connectivity index is 1.94. The van der Waals surface area contributed by atoms with Gasteiger partial charge >= 0.3 is 0 Å². The zero-order valence-corrected chi connectivity index (χ0v) is 12.7. The molecule has 4 N–H and O–H groups in total. The molecule has 0 radical (unpaired) electrons. The summed E-state index contributed by atoms with van der Waals surface area (Å²) in [5.74, 6) is 5.38. The van der Waals surface area contributed by atoms with Crippen LogP contribution in [0.3, 0.4) is 0 Å². The van der Waals surface area contributed by atoms with Gasteiger partial charge in [-0.25, -0.2) is 0 Å². The van der Waals surface area contributed by atoms with Crippen molar-refractivity contribution in [2.24, 2.45) is 5.84 Å². The number of hydrogen-bond acceptors (Lipinski definition) is 5. The molecular weight excluding hydrogens is 268 g/mol. The van der Waals surface area contributed by atoms with E-state index in [0.29, 0.717) is 11.3 Å². The number of nitrogens with zero attached hydrogens (tertiary/aromatic N) is 1. The number of ether oxygens (including phenoxy) is 1. The van der Waals surface area contributed by atoms with E-state index in [4.69, 9.17) is 10.6 Å². The fourth-order valence-corrected chi connectivity index (χ4v) is 2.49. The summed E-state index contributed by atoms with van der Waals surface area (Å²) < 4.78 is 5.32. The topological polar surface area (TPSA) is 79.6 Å². The van der Waals surface area contributed by atoms with Crippen LogP contribution in [0.5, 0.6) is 0 Å². The van der Waals surface area contributed by atoms with Gasteiger partial charge in [-0.05, 0) is 31.5 Å². The molecule has 0 bridgehead atoms. The Kier molecular flexibility index (Phi) is 5.55. The van der Waals surface area contributed by atoms with Crippen molar-refractivity contribution < 1.29 is 9.53 Å². The summed E-state index contributed by atoms with van der Waals surface area (Å²) in [4.78, 5) is 14.6. The molecule has 6 heteroatoms. The van der Waals surface area contributed by atoms with Crippen molar-refractivity contribution in [2.75, 3.05) is 38.3 Å². The normalized spacial score (nSPS) is 17.3. The third-order valence-electron chi connectivity index (χ3n) is 3.59. The van der Waals surface area contributed by atoms with Gasteiger partial charge in [0, 0.05) is 25.7 Å². The van der Waals surface area contributed by atoms with Crippen LogP contribution in [0, 0.1) is 6.92 Å². The minimum Gasteiger partial charge on any atom is -0.379 e. The van der Waals surface area contributed by atoms with E-state index in [2.05, 4.69) is 15.6 Å². The van der Waals surface area contributed by atoms with Crippen molar-refractivity contribution in [1.29, 1.82) is 0 Å². The molecule has 0 spiro atoms. The SMILES string of the molecule is Cc1ccc(C(=O)NC(C)CN2CCOCC2)c(NN)c1. The molecular formula is C15H24N4O2. The number of carbonyl (C=O) groups excluding carboxylic acids is 1. The molecule has 2 rings (SSSR count). The monoisotopic (exact) mass is 292 g/mol. The van der Waals surface area contributed by atoms with Crippen LogP contribution in [-0.2, 0) is 4.74 Å². The Bertz CT molecular complexity index is 487. The van der Waals surface area contributed by atoms with Gasteiger partial charge in [-0.1, -0.05) is 6.07 Å². The zero-order chi connectivity index (χ0) is 15.2. The highest BCUT2D eigenvalue weighted by molar-refractivity contribution is 5.99. The van der Waals surface area contributed by atoms with Crippen LogP contribution in [0.2, 0.25) is 0 Å². The number of hydrogen-bond donors (Lipinski definition) is 3. The summed E-state index contributed by atoms with van der Waals surface area (Å²) in [6, 6.07) is 5.63. The van der Waals surface area contributed by atoms with Crippen LogP contribution in [0.4, 0.5) is 5.69 Å². The quantitative estimate of drug-likeness (QED) is 0.551. The second-order valence-corrected chi connectivity index (χ2v) is 5.48. The fraction of sp³-hybridized carbons (Fsp3) is 0.533. The summed E-state index contributed by atoms with van der Waals surface area (Å²) in [5, 5.41) is 3.02. The fourth-order valence-electron chi connectivity index (χ4n) is 2.49. The largest absolute Gasteiger partial charge is 0.379 e. The van der Waals surface area contributed by atoms with E-state index in [9.17, 15) is 4.79 Å². The minimum atomic E-state index is -0.108. The van der Waals surface area contributed by atoms with Crippen molar-refractivity contribution in [3.05, 3.63) is 29.3 Å². The van der Waals surface area contributed by atoms with E-state index in [1.54, 1.807) is 6.07 Å². The first-order chi connectivity index (χ1) is 10.1. The summed E-state index contributed by atoms with van der Waals surface area (Å²) in [5.41, 5.74) is 4.85. The van der Waals surface area contributed by atoms with E-state index in [-0.39, 0.29) is 11.9 Å². The minimum absolute atomic E-state index is 0.0718. The highest BCUT2D eigenvalue weighted by Gasteiger charge is 2.17. The molecule has 0 saturated carbocycles. The molecule has 1 atom stereocenters. The first-order valence-electron chi connectivity index (χ1n) is 7.28. The molecule has 0 aromatic heterocycles. The predicted octanol–water partition coefficient (Wildman–Crippen LogP) is 0.731. The highest BCUT2D eigenvalue weighted by atomic mass is 16.5. The highest BCUT2D eigenvalue weighted by Crippen LogP contribution is 2.16. The smallest absolute Gasteiger partial charge is 0.253 e. The molecule has 1 fully saturated rings. The number of hydrazine groups is 1. The summed E-state index contributed by atoms with van der Waals surface area (Å²) >= 11 is 0. The number of anilines is 1. The number of morpholine rings is 1. The number of aryl methyl sites for hydroxylation is 1. The van der Waals surface area contributed by atoms with Gasteiger partial charge in [0.2, 0.25) is 0 Å². The molecule has 1 unspecified atom stereocenters. The van der Waals surface area contributed by atoms with Gasteiger partial charge in [0.1, 0.15) is 0 Å². The van der Waals surface area contributed by atoms with Crippen LogP contribution < -0.4 is 16.6 Å². The Morgan fingerprint density at radius 2 is 2.14 bits per heavy atom. The summed E-state index contributed by atoms with van der Waals surface area (Å²) in [6.45, 7) is 8.16. The molecule has 1 saturated heterocycles. The second-order valence-electron chi connectivity index (χ2n) is 5.48. The lowest BCUT2D eigenvalue weighted by Crippen LogP contribution is -2.46. The summed E-state index contributed by atoms with van der Waals surface area (Å²) in [7, 11) is 0. The molecule has 21 heavy (non-hydrogen) atoms. The Morgan fingerprint density at radius 3 is 2.81 bits per heavy atom. The summed E-state index contributed by atoms with van der Waals surface area (Å²) in [6.07, 6.45) is 0. The lowest BCUT2D eigenvalue weighted by Gasteiger charge is -2.29. The molecule has 1 aromatic carbocycles. The van der Waals surface area contributed by atoms with E-state index in [1.165, 1.54) is 0 Å². The van der Waals surface area contributed by atoms with E-state index in [1.807, 2.05) is 26.0 Å². The van der Waals surface area contributed by atoms with Crippen LogP contribution >= 0.6 is 0 Å².